The first-order chi connectivity index (χ1) is 12.5. The first-order valence-corrected chi connectivity index (χ1v) is 8.61. The van der Waals surface area contributed by atoms with Gasteiger partial charge in [-0.3, -0.25) is 9.55 Å². The number of pyridine rings is 1. The Hall–Kier alpha value is -3.09. The number of nitrogens with one attached hydrogen (secondary N) is 2. The summed E-state index contributed by atoms with van der Waals surface area (Å²) in [6.45, 7) is 6.44. The number of carbonyl (C=O) groups excluding carboxylic acids is 1. The highest BCUT2D eigenvalue weighted by Gasteiger charge is 2.19. The summed E-state index contributed by atoms with van der Waals surface area (Å²) >= 11 is 0. The van der Waals surface area contributed by atoms with Crippen LogP contribution < -0.4 is 16.4 Å². The van der Waals surface area contributed by atoms with Crippen molar-refractivity contribution in [2.45, 2.75) is 33.4 Å². The summed E-state index contributed by atoms with van der Waals surface area (Å²) in [5.41, 5.74) is 2.51. The van der Waals surface area contributed by atoms with Crippen molar-refractivity contribution in [3.63, 3.8) is 0 Å². The number of urea groups is 1. The molecule has 0 unspecified atom stereocenters. The Labute approximate surface area is 151 Å². The van der Waals surface area contributed by atoms with Gasteiger partial charge >= 0.3 is 11.8 Å². The molecular formula is C19H22N4O3. The van der Waals surface area contributed by atoms with Crippen LogP contribution in [0.5, 0.6) is 0 Å². The standard InChI is InChI=1S/C19H22N4O3/c1-4-23-15-9-8-13(11-16(15)26-19(23)25)21-18(24)22-17(12(2)3)14-7-5-6-10-20-14/h5-12,17H,4H2,1-3H3,(H2,21,22,24)/t17-/m1/s1. The zero-order valence-corrected chi connectivity index (χ0v) is 15.0. The number of hydrogen-bond acceptors (Lipinski definition) is 4. The summed E-state index contributed by atoms with van der Waals surface area (Å²) in [4.78, 5) is 28.5. The van der Waals surface area contributed by atoms with Crippen molar-refractivity contribution in [2.24, 2.45) is 5.92 Å². The normalized spacial score (nSPS) is 12.3. The Bertz CT molecular complexity index is 960. The molecule has 0 spiro atoms. The molecule has 2 N–H and O–H groups in total. The van der Waals surface area contributed by atoms with Gasteiger partial charge < -0.3 is 15.1 Å². The minimum Gasteiger partial charge on any atom is -0.408 e. The van der Waals surface area contributed by atoms with Crippen LogP contribution in [0.3, 0.4) is 0 Å². The monoisotopic (exact) mass is 354 g/mol. The average molecular weight is 354 g/mol. The third-order valence-corrected chi connectivity index (χ3v) is 4.20. The average Bonchev–Trinajstić information content (AvgIpc) is 2.94. The number of benzene rings is 1. The summed E-state index contributed by atoms with van der Waals surface area (Å²) in [6, 6.07) is 10.2. The SMILES string of the molecule is CCn1c(=O)oc2cc(NC(=O)N[C@@H](c3ccccn3)C(C)C)ccc21. The molecule has 0 saturated heterocycles. The predicted molar refractivity (Wildman–Crippen MR) is 100 cm³/mol. The summed E-state index contributed by atoms with van der Waals surface area (Å²) < 4.78 is 6.76. The second-order valence-electron chi connectivity index (χ2n) is 6.37. The van der Waals surface area contributed by atoms with E-state index in [0.717, 1.165) is 5.69 Å². The number of aryl methyl sites for hydroxylation is 1. The lowest BCUT2D eigenvalue weighted by Gasteiger charge is -2.22. The number of amides is 2. The fourth-order valence-corrected chi connectivity index (χ4v) is 2.89. The number of nitrogens with zero attached hydrogens (tertiary/aromatic N) is 2. The van der Waals surface area contributed by atoms with Gasteiger partial charge in [0, 0.05) is 24.5 Å². The topological polar surface area (TPSA) is 89.2 Å². The van der Waals surface area contributed by atoms with Gasteiger partial charge in [-0.2, -0.15) is 0 Å². The van der Waals surface area contributed by atoms with Crippen LogP contribution in [0.15, 0.2) is 51.8 Å². The molecule has 0 bridgehead atoms. The first kappa shape index (κ1) is 17.7. The zero-order valence-electron chi connectivity index (χ0n) is 15.0. The number of rotatable bonds is 5. The van der Waals surface area contributed by atoms with E-state index in [0.29, 0.717) is 23.3 Å². The van der Waals surface area contributed by atoms with Gasteiger partial charge in [0.15, 0.2) is 5.58 Å². The predicted octanol–water partition coefficient (Wildman–Crippen LogP) is 3.53. The molecule has 0 aliphatic carbocycles. The Balaban J connectivity index is 1.77. The quantitative estimate of drug-likeness (QED) is 0.733. The van der Waals surface area contributed by atoms with Crippen molar-refractivity contribution in [3.05, 3.63) is 58.8 Å². The molecular weight excluding hydrogens is 332 g/mol. The van der Waals surface area contributed by atoms with Crippen LogP contribution in [0.4, 0.5) is 10.5 Å². The Morgan fingerprint density at radius 2 is 2.08 bits per heavy atom. The molecule has 3 rings (SSSR count). The van der Waals surface area contributed by atoms with Gasteiger partial charge in [0.25, 0.3) is 0 Å². The molecule has 1 aromatic carbocycles. The van der Waals surface area contributed by atoms with Crippen molar-refractivity contribution < 1.29 is 9.21 Å². The molecule has 0 aliphatic heterocycles. The first-order valence-electron chi connectivity index (χ1n) is 8.61. The molecule has 26 heavy (non-hydrogen) atoms. The van der Waals surface area contributed by atoms with Gasteiger partial charge in [-0.05, 0) is 37.1 Å². The summed E-state index contributed by atoms with van der Waals surface area (Å²) in [6.07, 6.45) is 1.71. The lowest BCUT2D eigenvalue weighted by Crippen LogP contribution is -2.35. The molecule has 1 atom stereocenters. The van der Waals surface area contributed by atoms with Gasteiger partial charge in [0.1, 0.15) is 0 Å². The summed E-state index contributed by atoms with van der Waals surface area (Å²) in [5.74, 6) is -0.228. The van der Waals surface area contributed by atoms with E-state index in [9.17, 15) is 9.59 Å². The second-order valence-corrected chi connectivity index (χ2v) is 6.37. The highest BCUT2D eigenvalue weighted by atomic mass is 16.4. The largest absolute Gasteiger partial charge is 0.419 e. The van der Waals surface area contributed by atoms with E-state index in [4.69, 9.17) is 4.42 Å². The van der Waals surface area contributed by atoms with E-state index < -0.39 is 5.76 Å². The minimum absolute atomic E-state index is 0.176. The van der Waals surface area contributed by atoms with E-state index >= 15 is 0 Å². The van der Waals surface area contributed by atoms with Gasteiger partial charge in [-0.15, -0.1) is 0 Å². The molecule has 2 aromatic heterocycles. The maximum atomic E-state index is 12.4. The van der Waals surface area contributed by atoms with Gasteiger partial charge in [0.2, 0.25) is 0 Å². The fraction of sp³-hybridized carbons (Fsp3) is 0.316. The molecule has 2 amide bonds. The molecule has 2 heterocycles. The number of hydrogen-bond donors (Lipinski definition) is 2. The smallest absolute Gasteiger partial charge is 0.408 e. The van der Waals surface area contributed by atoms with Crippen LogP contribution in [0.1, 0.15) is 32.5 Å². The second kappa shape index (κ2) is 7.43. The van der Waals surface area contributed by atoms with Crippen molar-refractivity contribution >= 4 is 22.8 Å². The molecule has 0 aliphatic rings. The molecule has 3 aromatic rings. The van der Waals surface area contributed by atoms with E-state index in [1.807, 2.05) is 39.0 Å². The van der Waals surface area contributed by atoms with Crippen molar-refractivity contribution in [1.29, 1.82) is 0 Å². The van der Waals surface area contributed by atoms with Crippen molar-refractivity contribution in [3.8, 4) is 0 Å². The van der Waals surface area contributed by atoms with Crippen LogP contribution in [-0.2, 0) is 6.54 Å². The van der Waals surface area contributed by atoms with Crippen LogP contribution >= 0.6 is 0 Å². The number of fused-ring (bicyclic) bond motifs is 1. The maximum absolute atomic E-state index is 12.4. The zero-order chi connectivity index (χ0) is 18.7. The van der Waals surface area contributed by atoms with Crippen LogP contribution in [0.25, 0.3) is 11.1 Å². The molecule has 0 saturated carbocycles. The molecule has 0 radical (unpaired) electrons. The van der Waals surface area contributed by atoms with Gasteiger partial charge in [0.05, 0.1) is 17.3 Å². The van der Waals surface area contributed by atoms with E-state index in [2.05, 4.69) is 15.6 Å². The van der Waals surface area contributed by atoms with E-state index in [-0.39, 0.29) is 18.0 Å². The van der Waals surface area contributed by atoms with Crippen molar-refractivity contribution in [1.82, 2.24) is 14.9 Å². The fourth-order valence-electron chi connectivity index (χ4n) is 2.89. The number of anilines is 1. The Kier molecular flexibility index (Phi) is 5.06. The molecule has 7 nitrogen and oxygen atoms in total. The van der Waals surface area contributed by atoms with Gasteiger partial charge in [-0.25, -0.2) is 9.59 Å². The third-order valence-electron chi connectivity index (χ3n) is 4.20. The highest BCUT2D eigenvalue weighted by Crippen LogP contribution is 2.21. The Morgan fingerprint density at radius 3 is 2.73 bits per heavy atom. The van der Waals surface area contributed by atoms with Gasteiger partial charge in [-0.1, -0.05) is 19.9 Å². The van der Waals surface area contributed by atoms with Crippen LogP contribution in [-0.4, -0.2) is 15.6 Å². The maximum Gasteiger partial charge on any atom is 0.419 e. The molecule has 0 fully saturated rings. The van der Waals surface area contributed by atoms with E-state index in [1.54, 1.807) is 24.4 Å². The minimum atomic E-state index is -0.404. The van der Waals surface area contributed by atoms with Crippen LogP contribution in [0, 0.1) is 5.92 Å². The number of oxazole rings is 1. The van der Waals surface area contributed by atoms with Crippen LogP contribution in [0.2, 0.25) is 0 Å². The summed E-state index contributed by atoms with van der Waals surface area (Å²) in [7, 11) is 0. The van der Waals surface area contributed by atoms with Crippen molar-refractivity contribution in [2.75, 3.05) is 5.32 Å². The highest BCUT2D eigenvalue weighted by molar-refractivity contribution is 5.91. The lowest BCUT2D eigenvalue weighted by atomic mass is 10.0. The number of carbonyl (C=O) groups is 1. The van der Waals surface area contributed by atoms with E-state index in [1.165, 1.54) is 4.57 Å². The number of aromatic nitrogens is 2. The molecule has 7 heteroatoms. The lowest BCUT2D eigenvalue weighted by molar-refractivity contribution is 0.244. The Morgan fingerprint density at radius 1 is 1.27 bits per heavy atom. The summed E-state index contributed by atoms with van der Waals surface area (Å²) in [5, 5.41) is 5.73. The molecule has 136 valence electrons. The third kappa shape index (κ3) is 3.61.